The standard InChI is InChI=1S/C39H29B9F2O11S/c1-18(39(49,50)62(55,56)57)58-35(51)27-8-29(36(52)59-32-22(13-43)2-19(10-40)3-23(32)14-44)30(37(53)60-33-24(15-45)4-20(11-41)5-25(33)16-46)9-28(27)38(54)61-34-26(17-47)6-21(12-42)7-31(34)48/h2-9,18H,10-17H2,1H3,(H,55,56,57). The van der Waals surface area contributed by atoms with E-state index in [4.69, 9.17) is 89.6 Å². The van der Waals surface area contributed by atoms with Crippen molar-refractivity contribution in [3.63, 3.8) is 0 Å². The Balaban J connectivity index is 2.05. The quantitative estimate of drug-likeness (QED) is 0.0671. The molecule has 23 heteroatoms. The summed E-state index contributed by atoms with van der Waals surface area (Å²) in [4.78, 5) is 56.7. The maximum atomic E-state index is 14.7. The minimum absolute atomic E-state index is 0.000226. The maximum Gasteiger partial charge on any atom is 0.405 e. The number of rotatable bonds is 18. The van der Waals surface area contributed by atoms with Crippen molar-refractivity contribution in [2.45, 2.75) is 68.8 Å². The molecule has 0 spiro atoms. The van der Waals surface area contributed by atoms with Gasteiger partial charge in [-0.1, -0.05) is 109 Å². The van der Waals surface area contributed by atoms with E-state index in [9.17, 15) is 40.9 Å². The third-order valence-electron chi connectivity index (χ3n) is 9.39. The van der Waals surface area contributed by atoms with Gasteiger partial charge in [0.05, 0.1) is 85.0 Å². The Kier molecular flexibility index (Phi) is 16.8. The molecule has 4 aromatic carbocycles. The molecular formula is C39H29B9F2O11S. The van der Waals surface area contributed by atoms with Crippen molar-refractivity contribution in [3.05, 3.63) is 115 Å². The predicted molar refractivity (Wildman–Crippen MR) is 233 cm³/mol. The van der Waals surface area contributed by atoms with Gasteiger partial charge in [0.1, 0.15) is 25.1 Å². The predicted octanol–water partition coefficient (Wildman–Crippen LogP) is 1.51. The molecule has 0 aliphatic carbocycles. The van der Waals surface area contributed by atoms with Crippen LogP contribution in [0.3, 0.4) is 0 Å². The maximum absolute atomic E-state index is 14.7. The third kappa shape index (κ3) is 10.8. The van der Waals surface area contributed by atoms with Crippen LogP contribution in [0.2, 0.25) is 0 Å². The zero-order valence-corrected chi connectivity index (χ0v) is 34.1. The smallest absolute Gasteiger partial charge is 0.405 e. The summed E-state index contributed by atoms with van der Waals surface area (Å²) >= 11 is 0. The molecule has 1 atom stereocenters. The van der Waals surface area contributed by atoms with Gasteiger partial charge >= 0.3 is 39.2 Å². The number of carbonyl (C=O) groups is 4. The highest BCUT2D eigenvalue weighted by Gasteiger charge is 2.52. The van der Waals surface area contributed by atoms with E-state index < -0.39 is 67.6 Å². The van der Waals surface area contributed by atoms with Crippen molar-refractivity contribution in [1.82, 2.24) is 0 Å². The number of hydrogen-bond acceptors (Lipinski definition) is 10. The molecule has 18 radical (unpaired) electrons. The van der Waals surface area contributed by atoms with E-state index in [0.717, 1.165) is 0 Å². The summed E-state index contributed by atoms with van der Waals surface area (Å²) in [6.45, 7) is 0.422. The topological polar surface area (TPSA) is 160 Å². The van der Waals surface area contributed by atoms with Crippen LogP contribution in [0.1, 0.15) is 92.9 Å². The summed E-state index contributed by atoms with van der Waals surface area (Å²) in [5, 5.41) is -5.09. The van der Waals surface area contributed by atoms with Crippen molar-refractivity contribution >= 4 is 110 Å². The lowest BCUT2D eigenvalue weighted by atomic mass is 9.83. The molecule has 0 aliphatic rings. The first kappa shape index (κ1) is 49.8. The molecule has 62 heavy (non-hydrogen) atoms. The summed E-state index contributed by atoms with van der Waals surface area (Å²) < 4.78 is 83.5. The van der Waals surface area contributed by atoms with Crippen LogP contribution in [0.5, 0.6) is 17.2 Å². The van der Waals surface area contributed by atoms with Gasteiger partial charge in [-0.05, 0) is 46.9 Å². The van der Waals surface area contributed by atoms with Crippen LogP contribution in [0.4, 0.5) is 8.78 Å². The molecule has 4 rings (SSSR count). The second kappa shape index (κ2) is 21.0. The SMILES string of the molecule is [B]Cc1cc([B])c(OC(=O)c2cc(C(=O)Oc3c(C[B])cc(C[B])cc3C[B])c(C(=O)Oc3c(C[B])cc(C[B])cc3C[B])cc2C(=O)OC(C)C(F)(F)S(=O)(=O)O)c(C[B])c1. The van der Waals surface area contributed by atoms with Gasteiger partial charge in [0.2, 0.25) is 0 Å². The Morgan fingerprint density at radius 1 is 0.532 bits per heavy atom. The van der Waals surface area contributed by atoms with Crippen molar-refractivity contribution in [3.8, 4) is 17.2 Å². The fourth-order valence-electron chi connectivity index (χ4n) is 6.15. The summed E-state index contributed by atoms with van der Waals surface area (Å²) in [5.74, 6) is -6.85. The Bertz CT molecular complexity index is 2460. The number of benzene rings is 4. The van der Waals surface area contributed by atoms with Crippen LogP contribution in [0.25, 0.3) is 0 Å². The number of alkyl halides is 2. The average Bonchev–Trinajstić information content (AvgIpc) is 3.25. The highest BCUT2D eigenvalue weighted by atomic mass is 32.2. The molecule has 0 aromatic heterocycles. The number of esters is 4. The van der Waals surface area contributed by atoms with Crippen LogP contribution >= 0.6 is 0 Å². The molecule has 1 unspecified atom stereocenters. The van der Waals surface area contributed by atoms with Crippen LogP contribution in [0.15, 0.2) is 48.5 Å². The molecular weight excluding hydrogens is 812 g/mol. The normalized spacial score (nSPS) is 12.0. The Hall–Kier alpha value is -4.89. The summed E-state index contributed by atoms with van der Waals surface area (Å²) in [7, 11) is 47.1. The van der Waals surface area contributed by atoms with E-state index in [0.29, 0.717) is 35.7 Å². The average molecular weight is 841 g/mol. The van der Waals surface area contributed by atoms with Crippen molar-refractivity contribution in [1.29, 1.82) is 0 Å². The highest BCUT2D eigenvalue weighted by molar-refractivity contribution is 7.86. The van der Waals surface area contributed by atoms with Crippen molar-refractivity contribution in [2.24, 2.45) is 0 Å². The van der Waals surface area contributed by atoms with Gasteiger partial charge in [-0.3, -0.25) is 4.55 Å². The second-order valence-electron chi connectivity index (χ2n) is 13.5. The van der Waals surface area contributed by atoms with E-state index in [1.54, 1.807) is 0 Å². The first-order valence-corrected chi connectivity index (χ1v) is 19.9. The van der Waals surface area contributed by atoms with Crippen molar-refractivity contribution in [2.75, 3.05) is 0 Å². The molecule has 11 nitrogen and oxygen atoms in total. The lowest BCUT2D eigenvalue weighted by molar-refractivity contribution is -0.0550. The van der Waals surface area contributed by atoms with E-state index >= 15 is 0 Å². The molecule has 298 valence electrons. The molecule has 0 bridgehead atoms. The minimum Gasteiger partial charge on any atom is -0.451 e. The van der Waals surface area contributed by atoms with Gasteiger partial charge in [-0.2, -0.15) is 17.2 Å². The molecule has 4 aromatic rings. The third-order valence-corrected chi connectivity index (χ3v) is 10.4. The van der Waals surface area contributed by atoms with Crippen molar-refractivity contribution < 1.29 is 59.9 Å². The molecule has 0 aliphatic heterocycles. The number of ether oxygens (including phenoxy) is 4. The van der Waals surface area contributed by atoms with Crippen LogP contribution in [-0.2, 0) is 65.4 Å². The molecule has 0 amide bonds. The summed E-state index contributed by atoms with van der Waals surface area (Å²) in [6.07, 6.45) is -3.94. The van der Waals surface area contributed by atoms with Gasteiger partial charge in [-0.15, -0.1) is 0 Å². The number of hydrogen-bond donors (Lipinski definition) is 1. The van der Waals surface area contributed by atoms with Crippen LogP contribution < -0.4 is 19.7 Å². The van der Waals surface area contributed by atoms with E-state index in [2.05, 4.69) is 0 Å². The molecule has 0 fully saturated rings. The fraction of sp³-hybridized carbons (Fsp3) is 0.282. The van der Waals surface area contributed by atoms with E-state index in [1.165, 1.54) is 36.4 Å². The molecule has 0 heterocycles. The fourth-order valence-corrected chi connectivity index (χ4v) is 6.62. The number of halogens is 2. The van der Waals surface area contributed by atoms with Crippen LogP contribution in [0, 0.1) is 0 Å². The molecule has 1 N–H and O–H groups in total. The Labute approximate surface area is 370 Å². The van der Waals surface area contributed by atoms with E-state index in [-0.39, 0.29) is 101 Å². The first-order chi connectivity index (χ1) is 29.2. The van der Waals surface area contributed by atoms with Gasteiger partial charge in [-0.25, -0.2) is 19.2 Å². The first-order valence-electron chi connectivity index (χ1n) is 18.4. The second-order valence-corrected chi connectivity index (χ2v) is 15.0. The summed E-state index contributed by atoms with van der Waals surface area (Å²) in [6, 6.07) is 10.1. The van der Waals surface area contributed by atoms with Gasteiger partial charge in [0.25, 0.3) is 0 Å². The summed E-state index contributed by atoms with van der Waals surface area (Å²) in [5.41, 5.74) is -1.13. The molecule has 0 saturated heterocycles. The minimum atomic E-state index is -6.18. The van der Waals surface area contributed by atoms with Gasteiger partial charge in [0, 0.05) is 0 Å². The monoisotopic (exact) mass is 842 g/mol. The van der Waals surface area contributed by atoms with Crippen LogP contribution in [-0.4, -0.2) is 119 Å². The zero-order chi connectivity index (χ0) is 46.3. The van der Waals surface area contributed by atoms with E-state index in [1.807, 2.05) is 0 Å². The molecule has 0 saturated carbocycles. The number of carbonyl (C=O) groups excluding carboxylic acids is 4. The highest BCUT2D eigenvalue weighted by Crippen LogP contribution is 2.33. The van der Waals surface area contributed by atoms with Gasteiger partial charge in [0.15, 0.2) is 6.10 Å². The zero-order valence-electron chi connectivity index (χ0n) is 33.2. The Morgan fingerprint density at radius 3 is 1.13 bits per heavy atom. The van der Waals surface area contributed by atoms with Gasteiger partial charge < -0.3 is 18.9 Å². The Morgan fingerprint density at radius 2 is 0.823 bits per heavy atom. The largest absolute Gasteiger partial charge is 0.451 e. The lowest BCUT2D eigenvalue weighted by Crippen LogP contribution is -2.42. The lowest BCUT2D eigenvalue weighted by Gasteiger charge is -2.22.